The zero-order valence-corrected chi connectivity index (χ0v) is 19.2. The van der Waals surface area contributed by atoms with Gasteiger partial charge < -0.3 is 9.80 Å². The number of amides is 3. The molecule has 2 aliphatic heterocycles. The number of imide groups is 1. The summed E-state index contributed by atoms with van der Waals surface area (Å²) in [5.74, 6) is -0.0509. The number of anilines is 1. The first-order chi connectivity index (χ1) is 15.4. The first-order valence-electron chi connectivity index (χ1n) is 11.2. The number of urea groups is 1. The van der Waals surface area contributed by atoms with Gasteiger partial charge in [-0.15, -0.1) is 0 Å². The lowest BCUT2D eigenvalue weighted by Gasteiger charge is -2.40. The summed E-state index contributed by atoms with van der Waals surface area (Å²) in [6.45, 7) is 2.77. The summed E-state index contributed by atoms with van der Waals surface area (Å²) in [6.07, 6.45) is 5.66. The number of piperidine rings is 1. The molecule has 1 spiro atoms. The van der Waals surface area contributed by atoms with Crippen molar-refractivity contribution < 1.29 is 9.59 Å². The summed E-state index contributed by atoms with van der Waals surface area (Å²) in [5.41, 5.74) is 2.64. The quantitative estimate of drug-likeness (QED) is 0.653. The van der Waals surface area contributed by atoms with Crippen LogP contribution in [0.25, 0.3) is 6.08 Å². The zero-order chi connectivity index (χ0) is 22.7. The van der Waals surface area contributed by atoms with Gasteiger partial charge in [0.2, 0.25) is 0 Å². The second kappa shape index (κ2) is 9.17. The predicted molar refractivity (Wildman–Crippen MR) is 128 cm³/mol. The molecule has 32 heavy (non-hydrogen) atoms. The van der Waals surface area contributed by atoms with Crippen molar-refractivity contribution in [1.29, 1.82) is 0 Å². The number of nitrogens with zero attached hydrogens (tertiary/aromatic N) is 4. The average Bonchev–Trinajstić information content (AvgIpc) is 2.97. The molecule has 0 radical (unpaired) electrons. The van der Waals surface area contributed by atoms with Crippen molar-refractivity contribution in [2.24, 2.45) is 0 Å². The Bertz CT molecular complexity index is 977. The van der Waals surface area contributed by atoms with Gasteiger partial charge >= 0.3 is 6.03 Å². The summed E-state index contributed by atoms with van der Waals surface area (Å²) in [4.78, 5) is 33.7. The molecule has 0 bridgehead atoms. The van der Waals surface area contributed by atoms with E-state index in [1.54, 1.807) is 11.9 Å². The molecule has 2 aromatic carbocycles. The highest BCUT2D eigenvalue weighted by Crippen LogP contribution is 2.36. The topological polar surface area (TPSA) is 47.1 Å². The lowest BCUT2D eigenvalue weighted by atomic mass is 9.86. The standard InChI is InChI=1S/C26H32N4O2/c1-27(2)23-13-11-21(12-14-23)10-7-17-29-18-15-26(16-19-29)24(31)30(25(32)28(26)3)20-22-8-5-4-6-9-22/h4-14H,15-20H2,1-3H3/b10-7+. The van der Waals surface area contributed by atoms with E-state index in [4.69, 9.17) is 0 Å². The van der Waals surface area contributed by atoms with E-state index in [1.165, 1.54) is 16.2 Å². The van der Waals surface area contributed by atoms with Crippen LogP contribution < -0.4 is 4.90 Å². The molecule has 2 aliphatic rings. The molecule has 2 heterocycles. The van der Waals surface area contributed by atoms with Gasteiger partial charge in [-0.3, -0.25) is 14.6 Å². The van der Waals surface area contributed by atoms with Gasteiger partial charge in [0, 0.05) is 46.5 Å². The van der Waals surface area contributed by atoms with Gasteiger partial charge in [-0.05, 0) is 36.1 Å². The van der Waals surface area contributed by atoms with Crippen molar-refractivity contribution in [1.82, 2.24) is 14.7 Å². The fraction of sp³-hybridized carbons (Fsp3) is 0.385. The highest BCUT2D eigenvalue weighted by atomic mass is 16.2. The van der Waals surface area contributed by atoms with Crippen LogP contribution in [0.2, 0.25) is 0 Å². The lowest BCUT2D eigenvalue weighted by Crippen LogP contribution is -2.55. The predicted octanol–water partition coefficient (Wildman–Crippen LogP) is 3.69. The Morgan fingerprint density at radius 1 is 0.969 bits per heavy atom. The first kappa shape index (κ1) is 22.1. The smallest absolute Gasteiger partial charge is 0.327 e. The summed E-state index contributed by atoms with van der Waals surface area (Å²) >= 11 is 0. The highest BCUT2D eigenvalue weighted by molar-refractivity contribution is 6.06. The van der Waals surface area contributed by atoms with Crippen LogP contribution >= 0.6 is 0 Å². The summed E-state index contributed by atoms with van der Waals surface area (Å²) in [7, 11) is 5.85. The van der Waals surface area contributed by atoms with E-state index in [0.717, 1.165) is 25.2 Å². The molecule has 0 unspecified atom stereocenters. The van der Waals surface area contributed by atoms with Crippen molar-refractivity contribution >= 4 is 23.7 Å². The molecule has 2 fully saturated rings. The van der Waals surface area contributed by atoms with Gasteiger partial charge in [-0.25, -0.2) is 4.79 Å². The van der Waals surface area contributed by atoms with Gasteiger partial charge in [0.05, 0.1) is 6.54 Å². The monoisotopic (exact) mass is 432 g/mol. The van der Waals surface area contributed by atoms with Gasteiger partial charge in [-0.2, -0.15) is 0 Å². The number of hydrogen-bond acceptors (Lipinski definition) is 4. The number of rotatable bonds is 6. The molecule has 0 aliphatic carbocycles. The van der Waals surface area contributed by atoms with Crippen LogP contribution in [0, 0.1) is 0 Å². The molecule has 6 heteroatoms. The minimum Gasteiger partial charge on any atom is -0.378 e. The van der Waals surface area contributed by atoms with Crippen LogP contribution in [0.4, 0.5) is 10.5 Å². The van der Waals surface area contributed by atoms with Crippen LogP contribution in [-0.4, -0.2) is 73.0 Å². The van der Waals surface area contributed by atoms with E-state index in [1.807, 2.05) is 44.4 Å². The van der Waals surface area contributed by atoms with Crippen molar-refractivity contribution in [3.63, 3.8) is 0 Å². The van der Waals surface area contributed by atoms with Crippen molar-refractivity contribution in [2.75, 3.05) is 45.7 Å². The number of likely N-dealkylation sites (tertiary alicyclic amines) is 1. The summed E-state index contributed by atoms with van der Waals surface area (Å²) in [5, 5.41) is 0. The number of hydrogen-bond donors (Lipinski definition) is 0. The molecule has 168 valence electrons. The third kappa shape index (κ3) is 4.28. The Labute approximate surface area is 190 Å². The Balaban J connectivity index is 1.34. The van der Waals surface area contributed by atoms with E-state index >= 15 is 0 Å². The van der Waals surface area contributed by atoms with Crippen LogP contribution in [-0.2, 0) is 11.3 Å². The third-order valence-corrected chi connectivity index (χ3v) is 6.75. The molecule has 0 aromatic heterocycles. The maximum Gasteiger partial charge on any atom is 0.327 e. The van der Waals surface area contributed by atoms with Gasteiger partial charge in [0.15, 0.2) is 0 Å². The Morgan fingerprint density at radius 2 is 1.62 bits per heavy atom. The molecule has 4 rings (SSSR count). The van der Waals surface area contributed by atoms with E-state index in [9.17, 15) is 9.59 Å². The van der Waals surface area contributed by atoms with Crippen molar-refractivity contribution in [3.8, 4) is 0 Å². The van der Waals surface area contributed by atoms with Crippen molar-refractivity contribution in [3.05, 3.63) is 71.8 Å². The second-order valence-corrected chi connectivity index (χ2v) is 8.94. The molecule has 0 saturated carbocycles. The number of carbonyl (C=O) groups excluding carboxylic acids is 2. The lowest BCUT2D eigenvalue weighted by molar-refractivity contribution is -0.135. The Hall–Kier alpha value is -3.12. The fourth-order valence-electron chi connectivity index (χ4n) is 4.63. The maximum absolute atomic E-state index is 13.3. The number of likely N-dealkylation sites (N-methyl/N-ethyl adjacent to an activating group) is 1. The molecule has 0 N–H and O–H groups in total. The van der Waals surface area contributed by atoms with E-state index in [0.29, 0.717) is 19.4 Å². The van der Waals surface area contributed by atoms with Crippen LogP contribution in [0.5, 0.6) is 0 Å². The SMILES string of the molecule is CN(C)c1ccc(/C=C/CN2CCC3(CC2)C(=O)N(Cc2ccccc2)C(=O)N3C)cc1. The number of carbonyl (C=O) groups is 2. The van der Waals surface area contributed by atoms with Crippen LogP contribution in [0.1, 0.15) is 24.0 Å². The summed E-state index contributed by atoms with van der Waals surface area (Å²) in [6, 6.07) is 18.0. The Morgan fingerprint density at radius 3 is 2.25 bits per heavy atom. The minimum atomic E-state index is -0.700. The zero-order valence-electron chi connectivity index (χ0n) is 19.2. The van der Waals surface area contributed by atoms with Gasteiger partial charge in [0.1, 0.15) is 5.54 Å². The molecule has 3 amide bonds. The number of benzene rings is 2. The highest BCUT2D eigenvalue weighted by Gasteiger charge is 2.56. The third-order valence-electron chi connectivity index (χ3n) is 6.75. The fourth-order valence-corrected chi connectivity index (χ4v) is 4.63. The van der Waals surface area contributed by atoms with E-state index in [-0.39, 0.29) is 11.9 Å². The maximum atomic E-state index is 13.3. The molecular formula is C26H32N4O2. The molecular weight excluding hydrogens is 400 g/mol. The van der Waals surface area contributed by atoms with Gasteiger partial charge in [0.25, 0.3) is 5.91 Å². The molecule has 6 nitrogen and oxygen atoms in total. The van der Waals surface area contributed by atoms with E-state index in [2.05, 4.69) is 46.2 Å². The molecule has 2 saturated heterocycles. The molecule has 2 aromatic rings. The first-order valence-corrected chi connectivity index (χ1v) is 11.2. The molecule has 0 atom stereocenters. The van der Waals surface area contributed by atoms with Crippen LogP contribution in [0.3, 0.4) is 0 Å². The van der Waals surface area contributed by atoms with Gasteiger partial charge in [-0.1, -0.05) is 54.6 Å². The van der Waals surface area contributed by atoms with Crippen LogP contribution in [0.15, 0.2) is 60.7 Å². The normalized spacial score (nSPS) is 18.8. The van der Waals surface area contributed by atoms with Crippen molar-refractivity contribution in [2.45, 2.75) is 24.9 Å². The minimum absolute atomic E-state index is 0.0509. The van der Waals surface area contributed by atoms with E-state index < -0.39 is 5.54 Å². The Kier molecular flexibility index (Phi) is 6.33. The second-order valence-electron chi connectivity index (χ2n) is 8.94. The largest absolute Gasteiger partial charge is 0.378 e. The summed E-state index contributed by atoms with van der Waals surface area (Å²) < 4.78 is 0. The average molecular weight is 433 g/mol.